The molecule has 0 saturated carbocycles. The summed E-state index contributed by atoms with van der Waals surface area (Å²) in [5.74, 6) is -0.464. The highest BCUT2D eigenvalue weighted by atomic mass is 16.5. The molecular weight excluding hydrogens is 660 g/mol. The molecule has 1 aromatic heterocycles. The van der Waals surface area contributed by atoms with Crippen molar-refractivity contribution >= 4 is 40.8 Å². The van der Waals surface area contributed by atoms with Crippen molar-refractivity contribution in [2.24, 2.45) is 0 Å². The summed E-state index contributed by atoms with van der Waals surface area (Å²) in [6.45, 7) is 3.34. The van der Waals surface area contributed by atoms with Gasteiger partial charge in [0.15, 0.2) is 11.9 Å². The highest BCUT2D eigenvalue weighted by molar-refractivity contribution is 6.04. The number of carbonyl (C=O) groups excluding carboxylic acids is 4. The number of methoxy groups -OCH3 is 1. The van der Waals surface area contributed by atoms with Crippen molar-refractivity contribution in [3.8, 4) is 0 Å². The average Bonchev–Trinajstić information content (AvgIpc) is 3.76. The van der Waals surface area contributed by atoms with Gasteiger partial charge in [-0.05, 0) is 73.8 Å². The lowest BCUT2D eigenvalue weighted by molar-refractivity contribution is -0.143. The Hall–Kier alpha value is -5.53. The molecule has 4 aromatic rings. The number of aromatic nitrogens is 2. The minimum Gasteiger partial charge on any atom is -0.374 e. The van der Waals surface area contributed by atoms with Crippen LogP contribution in [0.5, 0.6) is 0 Å². The highest BCUT2D eigenvalue weighted by Gasteiger charge is 2.34. The molecule has 13 nitrogen and oxygen atoms in total. The van der Waals surface area contributed by atoms with E-state index in [0.717, 1.165) is 60.7 Å². The fourth-order valence-electron chi connectivity index (χ4n) is 7.30. The summed E-state index contributed by atoms with van der Waals surface area (Å²) in [4.78, 5) is 56.5. The van der Waals surface area contributed by atoms with Crippen LogP contribution in [0, 0.1) is 0 Å². The van der Waals surface area contributed by atoms with Crippen molar-refractivity contribution in [1.29, 1.82) is 0 Å². The number of benzene rings is 3. The molecule has 0 spiro atoms. The van der Waals surface area contributed by atoms with Gasteiger partial charge in [0, 0.05) is 61.7 Å². The Morgan fingerprint density at radius 1 is 0.962 bits per heavy atom. The Labute approximate surface area is 302 Å². The van der Waals surface area contributed by atoms with E-state index in [1.54, 1.807) is 4.90 Å². The van der Waals surface area contributed by atoms with Crippen molar-refractivity contribution < 1.29 is 23.9 Å². The SMILES string of the molecule is CO[C@@H](C(=O)N1Cc2[nH]nc(NC(=O)c3ccc(N4CCC(N(C)Cc5ccc(NC6CCC(=O)NC6=O)cc5)CC4)cc3)c2C1)c1ccccc1. The van der Waals surface area contributed by atoms with Crippen LogP contribution in [0.2, 0.25) is 0 Å². The van der Waals surface area contributed by atoms with Gasteiger partial charge in [-0.3, -0.25) is 34.5 Å². The minimum atomic E-state index is -0.705. The summed E-state index contributed by atoms with van der Waals surface area (Å²) in [6.07, 6.45) is 2.18. The molecule has 2 saturated heterocycles. The summed E-state index contributed by atoms with van der Waals surface area (Å²) >= 11 is 0. The van der Waals surface area contributed by atoms with Crippen LogP contribution >= 0.6 is 0 Å². The van der Waals surface area contributed by atoms with Crippen molar-refractivity contribution in [2.45, 2.75) is 63.5 Å². The number of carbonyl (C=O) groups is 4. The number of piperidine rings is 2. The Balaban J connectivity index is 0.875. The Morgan fingerprint density at radius 2 is 1.69 bits per heavy atom. The number of imide groups is 1. The van der Waals surface area contributed by atoms with E-state index >= 15 is 0 Å². The zero-order valence-corrected chi connectivity index (χ0v) is 29.4. The third-order valence-corrected chi connectivity index (χ3v) is 10.3. The van der Waals surface area contributed by atoms with Gasteiger partial charge < -0.3 is 25.2 Å². The van der Waals surface area contributed by atoms with Crippen LogP contribution in [0.25, 0.3) is 0 Å². The number of hydrogen-bond donors (Lipinski definition) is 4. The first-order chi connectivity index (χ1) is 25.2. The van der Waals surface area contributed by atoms with E-state index in [1.807, 2.05) is 66.7 Å². The number of H-pyrrole nitrogens is 1. The molecule has 0 bridgehead atoms. The van der Waals surface area contributed by atoms with Crippen LogP contribution in [0.4, 0.5) is 17.2 Å². The average molecular weight is 705 g/mol. The molecule has 2 atom stereocenters. The second kappa shape index (κ2) is 15.4. The number of fused-ring (bicyclic) bond motifs is 1. The molecule has 3 aromatic carbocycles. The van der Waals surface area contributed by atoms with Gasteiger partial charge in [-0.2, -0.15) is 5.10 Å². The minimum absolute atomic E-state index is 0.144. The van der Waals surface area contributed by atoms with Gasteiger partial charge in [0.1, 0.15) is 6.04 Å². The fourth-order valence-corrected chi connectivity index (χ4v) is 7.30. The first kappa shape index (κ1) is 34.9. The zero-order chi connectivity index (χ0) is 36.2. The van der Waals surface area contributed by atoms with E-state index in [1.165, 1.54) is 12.7 Å². The third kappa shape index (κ3) is 7.70. The molecular formula is C39H44N8O5. The second-order valence-electron chi connectivity index (χ2n) is 13.7. The summed E-state index contributed by atoms with van der Waals surface area (Å²) in [6, 6.07) is 25.3. The van der Waals surface area contributed by atoms with Crippen LogP contribution < -0.4 is 20.9 Å². The maximum absolute atomic E-state index is 13.3. The fraction of sp³-hybridized carbons (Fsp3) is 0.359. The number of aromatic amines is 1. The largest absolute Gasteiger partial charge is 0.374 e. The van der Waals surface area contributed by atoms with E-state index in [0.29, 0.717) is 43.4 Å². The first-order valence-electron chi connectivity index (χ1n) is 17.7. The van der Waals surface area contributed by atoms with Crippen LogP contribution in [0.15, 0.2) is 78.9 Å². The summed E-state index contributed by atoms with van der Waals surface area (Å²) in [5, 5.41) is 15.9. The number of rotatable bonds is 11. The Bertz CT molecular complexity index is 1910. The molecule has 3 aliphatic rings. The van der Waals surface area contributed by atoms with Crippen LogP contribution in [0.1, 0.15) is 64.5 Å². The highest BCUT2D eigenvalue weighted by Crippen LogP contribution is 2.31. The molecule has 0 radical (unpaired) electrons. The maximum atomic E-state index is 13.3. The van der Waals surface area contributed by atoms with Crippen molar-refractivity contribution in [3.63, 3.8) is 0 Å². The van der Waals surface area contributed by atoms with Gasteiger partial charge in [0.05, 0.1) is 18.8 Å². The van der Waals surface area contributed by atoms with Gasteiger partial charge in [-0.1, -0.05) is 42.5 Å². The van der Waals surface area contributed by atoms with Gasteiger partial charge in [0.2, 0.25) is 11.8 Å². The molecule has 1 unspecified atom stereocenters. The van der Waals surface area contributed by atoms with Crippen LogP contribution in [-0.4, -0.2) is 83.0 Å². The summed E-state index contributed by atoms with van der Waals surface area (Å²) in [7, 11) is 3.69. The summed E-state index contributed by atoms with van der Waals surface area (Å²) < 4.78 is 5.55. The number of hydrogen-bond acceptors (Lipinski definition) is 9. The molecule has 13 heteroatoms. The van der Waals surface area contributed by atoms with Gasteiger partial charge >= 0.3 is 0 Å². The topological polar surface area (TPSA) is 152 Å². The normalized spacial score (nSPS) is 18.2. The van der Waals surface area contributed by atoms with E-state index < -0.39 is 12.1 Å². The molecule has 3 aliphatic heterocycles. The van der Waals surface area contributed by atoms with Crippen molar-refractivity contribution in [3.05, 3.63) is 107 Å². The lowest BCUT2D eigenvalue weighted by Crippen LogP contribution is -2.47. The van der Waals surface area contributed by atoms with E-state index in [9.17, 15) is 19.2 Å². The van der Waals surface area contributed by atoms with E-state index in [2.05, 4.69) is 55.1 Å². The lowest BCUT2D eigenvalue weighted by Gasteiger charge is -2.38. The first-order valence-corrected chi connectivity index (χ1v) is 17.7. The maximum Gasteiger partial charge on any atom is 0.256 e. The molecule has 2 fully saturated rings. The standard InChI is InChI=1S/C39H44N8O5/c1-45(22-25-8-12-28(13-9-25)40-32-16-17-34(48)41-38(32)50)29-18-20-46(21-19-29)30-14-10-27(11-15-30)37(49)42-36-31-23-47(24-33(31)43-44-36)39(51)35(52-2)26-6-4-3-5-7-26/h3-15,29,32,35,40H,16-24H2,1-2H3,(H,41,48,50)(H2,42,43,44,49)/t32?,35-/m1/s1. The number of amides is 4. The van der Waals surface area contributed by atoms with E-state index in [-0.39, 0.29) is 23.6 Å². The molecule has 0 aliphatic carbocycles. The second-order valence-corrected chi connectivity index (χ2v) is 13.7. The quantitative estimate of drug-likeness (QED) is 0.168. The molecule has 270 valence electrons. The summed E-state index contributed by atoms with van der Waals surface area (Å²) in [5.41, 5.74) is 6.06. The zero-order valence-electron chi connectivity index (χ0n) is 29.4. The Morgan fingerprint density at radius 3 is 2.38 bits per heavy atom. The predicted octanol–water partition coefficient (Wildman–Crippen LogP) is 4.21. The number of anilines is 3. The molecule has 7 rings (SSSR count). The number of nitrogens with zero attached hydrogens (tertiary/aromatic N) is 4. The molecule has 4 amide bonds. The van der Waals surface area contributed by atoms with E-state index in [4.69, 9.17) is 4.74 Å². The lowest BCUT2D eigenvalue weighted by atomic mass is 10.0. The van der Waals surface area contributed by atoms with Crippen molar-refractivity contribution in [1.82, 2.24) is 25.3 Å². The van der Waals surface area contributed by atoms with Gasteiger partial charge in [-0.25, -0.2) is 0 Å². The van der Waals surface area contributed by atoms with Crippen LogP contribution in [0.3, 0.4) is 0 Å². The smallest absolute Gasteiger partial charge is 0.256 e. The van der Waals surface area contributed by atoms with Gasteiger partial charge in [-0.15, -0.1) is 0 Å². The van der Waals surface area contributed by atoms with Crippen molar-refractivity contribution in [2.75, 3.05) is 42.8 Å². The van der Waals surface area contributed by atoms with Gasteiger partial charge in [0.25, 0.3) is 11.8 Å². The van der Waals surface area contributed by atoms with Crippen LogP contribution in [-0.2, 0) is 38.8 Å². The molecule has 52 heavy (non-hydrogen) atoms. The number of nitrogens with one attached hydrogen (secondary N) is 4. The monoisotopic (exact) mass is 704 g/mol. The predicted molar refractivity (Wildman–Crippen MR) is 196 cm³/mol. The Kier molecular flexibility index (Phi) is 10.3. The molecule has 4 N–H and O–H groups in total. The number of ether oxygens (including phenoxy) is 1. The third-order valence-electron chi connectivity index (χ3n) is 10.3. The molecule has 4 heterocycles.